The van der Waals surface area contributed by atoms with Crippen molar-refractivity contribution in [2.75, 3.05) is 6.54 Å². The van der Waals surface area contributed by atoms with E-state index >= 15 is 0 Å². The highest BCUT2D eigenvalue weighted by atomic mass is 16.6. The fourth-order valence-corrected chi connectivity index (χ4v) is 2.36. The van der Waals surface area contributed by atoms with E-state index in [9.17, 15) is 20.0 Å². The number of hydrogen-bond donors (Lipinski definition) is 3. The first-order valence-electron chi connectivity index (χ1n) is 6.37. The van der Waals surface area contributed by atoms with Gasteiger partial charge in [0, 0.05) is 18.5 Å². The number of hydrogen-bond acceptors (Lipinski definition) is 4. The van der Waals surface area contributed by atoms with Crippen molar-refractivity contribution in [1.29, 1.82) is 0 Å². The molecule has 0 saturated heterocycles. The molecule has 7 nitrogen and oxygen atoms in total. The van der Waals surface area contributed by atoms with Crippen LogP contribution in [-0.4, -0.2) is 33.6 Å². The lowest BCUT2D eigenvalue weighted by molar-refractivity contribution is -0.384. The Labute approximate surface area is 110 Å². The van der Waals surface area contributed by atoms with Gasteiger partial charge in [0.15, 0.2) is 0 Å². The number of amides is 1. The summed E-state index contributed by atoms with van der Waals surface area (Å²) in [7, 11) is 0. The fourth-order valence-electron chi connectivity index (χ4n) is 2.36. The van der Waals surface area contributed by atoms with Crippen molar-refractivity contribution in [1.82, 2.24) is 10.3 Å². The van der Waals surface area contributed by atoms with Crippen LogP contribution in [0.25, 0.3) is 0 Å². The van der Waals surface area contributed by atoms with Crippen LogP contribution in [0.5, 0.6) is 0 Å². The molecule has 0 spiro atoms. The van der Waals surface area contributed by atoms with E-state index in [1.807, 2.05) is 0 Å². The summed E-state index contributed by atoms with van der Waals surface area (Å²) in [5, 5.41) is 23.0. The molecule has 1 amide bonds. The Hall–Kier alpha value is -1.89. The summed E-state index contributed by atoms with van der Waals surface area (Å²) < 4.78 is 0. The Kier molecular flexibility index (Phi) is 4.16. The number of carbonyl (C=O) groups excluding carboxylic acids is 1. The van der Waals surface area contributed by atoms with Crippen molar-refractivity contribution in [3.63, 3.8) is 0 Å². The third kappa shape index (κ3) is 3.31. The Balaban J connectivity index is 1.88. The van der Waals surface area contributed by atoms with E-state index in [1.165, 1.54) is 12.3 Å². The van der Waals surface area contributed by atoms with Gasteiger partial charge in [0.25, 0.3) is 11.6 Å². The van der Waals surface area contributed by atoms with Crippen molar-refractivity contribution in [3.8, 4) is 0 Å². The van der Waals surface area contributed by atoms with Crippen LogP contribution in [0.4, 0.5) is 5.69 Å². The molecule has 1 saturated carbocycles. The number of aromatic nitrogens is 1. The first-order valence-corrected chi connectivity index (χ1v) is 6.37. The average Bonchev–Trinajstić information content (AvgIpc) is 2.87. The molecule has 7 heteroatoms. The summed E-state index contributed by atoms with van der Waals surface area (Å²) in [4.78, 5) is 24.3. The highest BCUT2D eigenvalue weighted by molar-refractivity contribution is 5.93. The molecular formula is C12H17N3O4. The molecule has 1 heterocycles. The summed E-state index contributed by atoms with van der Waals surface area (Å²) in [5.41, 5.74) is 0.0276. The second kappa shape index (κ2) is 5.83. The Morgan fingerprint density at radius 3 is 2.89 bits per heavy atom. The maximum atomic E-state index is 11.8. The normalized spacial score (nSPS) is 23.0. The van der Waals surface area contributed by atoms with E-state index in [1.54, 1.807) is 0 Å². The van der Waals surface area contributed by atoms with Crippen LogP contribution < -0.4 is 5.32 Å². The third-order valence-corrected chi connectivity index (χ3v) is 3.52. The third-order valence-electron chi connectivity index (χ3n) is 3.52. The van der Waals surface area contributed by atoms with Crippen molar-refractivity contribution in [2.24, 2.45) is 5.92 Å². The van der Waals surface area contributed by atoms with Gasteiger partial charge in [-0.05, 0) is 12.8 Å². The number of nitro groups is 1. The Morgan fingerprint density at radius 1 is 1.53 bits per heavy atom. The molecule has 1 aromatic rings. The molecule has 2 rings (SSSR count). The topological polar surface area (TPSA) is 108 Å². The Morgan fingerprint density at radius 2 is 2.26 bits per heavy atom. The van der Waals surface area contributed by atoms with Gasteiger partial charge in [0.1, 0.15) is 5.69 Å². The van der Waals surface area contributed by atoms with Crippen molar-refractivity contribution in [2.45, 2.75) is 31.8 Å². The highest BCUT2D eigenvalue weighted by Crippen LogP contribution is 2.23. The molecule has 0 radical (unpaired) electrons. The standard InChI is InChI=1S/C12H17N3O4/c16-11-4-2-1-3-8(11)6-14-12(17)10-5-9(7-13-10)15(18)19/h5,7-8,11,13,16H,1-4,6H2,(H,14,17). The van der Waals surface area contributed by atoms with Gasteiger partial charge in [-0.2, -0.15) is 0 Å². The van der Waals surface area contributed by atoms with E-state index in [2.05, 4.69) is 10.3 Å². The molecule has 1 aliphatic carbocycles. The van der Waals surface area contributed by atoms with Crippen LogP contribution in [0, 0.1) is 16.0 Å². The molecule has 1 aromatic heterocycles. The lowest BCUT2D eigenvalue weighted by Crippen LogP contribution is -2.36. The van der Waals surface area contributed by atoms with E-state index in [0.717, 1.165) is 25.7 Å². The quantitative estimate of drug-likeness (QED) is 0.562. The molecule has 0 bridgehead atoms. The van der Waals surface area contributed by atoms with Crippen molar-refractivity contribution >= 4 is 11.6 Å². The number of aliphatic hydroxyl groups excluding tert-OH is 1. The van der Waals surface area contributed by atoms with Gasteiger partial charge >= 0.3 is 0 Å². The molecule has 19 heavy (non-hydrogen) atoms. The van der Waals surface area contributed by atoms with Crippen LogP contribution >= 0.6 is 0 Å². The summed E-state index contributed by atoms with van der Waals surface area (Å²) in [5.74, 6) is -0.312. The van der Waals surface area contributed by atoms with Gasteiger partial charge in [-0.25, -0.2) is 0 Å². The minimum Gasteiger partial charge on any atom is -0.393 e. The zero-order valence-corrected chi connectivity index (χ0v) is 10.5. The Bertz CT molecular complexity index is 471. The molecule has 2 atom stereocenters. The maximum Gasteiger partial charge on any atom is 0.287 e. The first kappa shape index (κ1) is 13.5. The highest BCUT2D eigenvalue weighted by Gasteiger charge is 2.24. The van der Waals surface area contributed by atoms with Gasteiger partial charge in [0.05, 0.1) is 17.2 Å². The van der Waals surface area contributed by atoms with Gasteiger partial charge < -0.3 is 15.4 Å². The number of aromatic amines is 1. The van der Waals surface area contributed by atoms with E-state index in [4.69, 9.17) is 0 Å². The maximum absolute atomic E-state index is 11.8. The summed E-state index contributed by atoms with van der Waals surface area (Å²) >= 11 is 0. The average molecular weight is 267 g/mol. The van der Waals surface area contributed by atoms with Gasteiger partial charge in [0.2, 0.25) is 0 Å². The van der Waals surface area contributed by atoms with E-state index in [-0.39, 0.29) is 29.3 Å². The largest absolute Gasteiger partial charge is 0.393 e. The molecule has 0 aromatic carbocycles. The predicted molar refractivity (Wildman–Crippen MR) is 67.7 cm³/mol. The molecule has 0 aliphatic heterocycles. The van der Waals surface area contributed by atoms with Crippen LogP contribution in [0.2, 0.25) is 0 Å². The van der Waals surface area contributed by atoms with E-state index in [0.29, 0.717) is 6.54 Å². The van der Waals surface area contributed by atoms with Crippen molar-refractivity contribution in [3.05, 3.63) is 28.1 Å². The van der Waals surface area contributed by atoms with Crippen LogP contribution in [0.3, 0.4) is 0 Å². The number of nitrogens with zero attached hydrogens (tertiary/aromatic N) is 1. The first-order chi connectivity index (χ1) is 9.08. The zero-order chi connectivity index (χ0) is 13.8. The molecule has 3 N–H and O–H groups in total. The second-order valence-electron chi connectivity index (χ2n) is 4.85. The molecule has 2 unspecified atom stereocenters. The zero-order valence-electron chi connectivity index (χ0n) is 10.5. The molecule has 1 fully saturated rings. The minimum atomic E-state index is -0.557. The SMILES string of the molecule is O=C(NCC1CCCCC1O)c1cc([N+](=O)[O-])c[nH]1. The second-order valence-corrected chi connectivity index (χ2v) is 4.85. The number of aliphatic hydroxyl groups is 1. The van der Waals surface area contributed by atoms with Gasteiger partial charge in [-0.1, -0.05) is 12.8 Å². The van der Waals surface area contributed by atoms with Gasteiger partial charge in [-0.3, -0.25) is 14.9 Å². The van der Waals surface area contributed by atoms with Gasteiger partial charge in [-0.15, -0.1) is 0 Å². The molecule has 104 valence electrons. The number of carbonyl (C=O) groups is 1. The molecular weight excluding hydrogens is 250 g/mol. The predicted octanol–water partition coefficient (Wildman–Crippen LogP) is 1.20. The summed E-state index contributed by atoms with van der Waals surface area (Å²) in [6, 6.07) is 1.20. The van der Waals surface area contributed by atoms with Crippen LogP contribution in [0.15, 0.2) is 12.3 Å². The summed E-state index contributed by atoms with van der Waals surface area (Å²) in [6.45, 7) is 0.396. The number of rotatable bonds is 4. The monoisotopic (exact) mass is 267 g/mol. The van der Waals surface area contributed by atoms with Crippen LogP contribution in [0.1, 0.15) is 36.2 Å². The lowest BCUT2D eigenvalue weighted by Gasteiger charge is -2.27. The van der Waals surface area contributed by atoms with Crippen molar-refractivity contribution < 1.29 is 14.8 Å². The van der Waals surface area contributed by atoms with E-state index < -0.39 is 4.92 Å². The fraction of sp³-hybridized carbons (Fsp3) is 0.583. The minimum absolute atomic E-state index is 0.0719. The smallest absolute Gasteiger partial charge is 0.287 e. The number of nitrogens with one attached hydrogen (secondary N) is 2. The molecule has 1 aliphatic rings. The number of H-pyrrole nitrogens is 1. The van der Waals surface area contributed by atoms with Crippen LogP contribution in [-0.2, 0) is 0 Å². The summed E-state index contributed by atoms with van der Waals surface area (Å²) in [6.07, 6.45) is 4.57. The lowest BCUT2D eigenvalue weighted by atomic mass is 9.86.